The minimum absolute atomic E-state index is 0.0822. The molecule has 0 saturated heterocycles. The summed E-state index contributed by atoms with van der Waals surface area (Å²) in [6.07, 6.45) is 3.24. The van der Waals surface area contributed by atoms with Crippen LogP contribution in [0.25, 0.3) is 0 Å². The van der Waals surface area contributed by atoms with Crippen molar-refractivity contribution in [1.29, 1.82) is 0 Å². The average Bonchev–Trinajstić information content (AvgIpc) is 2.12. The van der Waals surface area contributed by atoms with E-state index in [0.29, 0.717) is 0 Å². The largest absolute Gasteiger partial charge is 0.322 e. The first-order valence-corrected chi connectivity index (χ1v) is 4.64. The van der Waals surface area contributed by atoms with E-state index in [2.05, 4.69) is 5.32 Å². The molecule has 74 valence electrons. The fraction of sp³-hybridized carbons (Fsp3) is 0.250. The first-order chi connectivity index (χ1) is 6.63. The van der Waals surface area contributed by atoms with Crippen LogP contribution in [0.15, 0.2) is 30.4 Å². The number of amides is 1. The molecule has 0 aliphatic heterocycles. The number of nitrogens with one attached hydrogen (secondary N) is 1. The quantitative estimate of drug-likeness (QED) is 0.712. The van der Waals surface area contributed by atoms with Gasteiger partial charge in [0.25, 0.3) is 0 Å². The van der Waals surface area contributed by atoms with E-state index >= 15 is 0 Å². The number of allylic oxidation sites excluding steroid dienone is 1. The average molecular weight is 189 g/mol. The summed E-state index contributed by atoms with van der Waals surface area (Å²) in [6.45, 7) is 5.80. The van der Waals surface area contributed by atoms with Crippen molar-refractivity contribution in [3.63, 3.8) is 0 Å². The van der Waals surface area contributed by atoms with Gasteiger partial charge in [0.2, 0.25) is 5.91 Å². The van der Waals surface area contributed by atoms with E-state index in [1.807, 2.05) is 39.0 Å². The zero-order valence-corrected chi connectivity index (χ0v) is 8.79. The molecule has 0 bridgehead atoms. The Morgan fingerprint density at radius 1 is 1.36 bits per heavy atom. The van der Waals surface area contributed by atoms with E-state index in [1.165, 1.54) is 6.08 Å². The predicted molar refractivity (Wildman–Crippen MR) is 59.4 cm³/mol. The van der Waals surface area contributed by atoms with Crippen LogP contribution in [0.4, 0.5) is 5.69 Å². The third-order valence-corrected chi connectivity index (χ3v) is 1.97. The van der Waals surface area contributed by atoms with E-state index in [-0.39, 0.29) is 5.91 Å². The van der Waals surface area contributed by atoms with Gasteiger partial charge in [-0.15, -0.1) is 0 Å². The molecule has 0 fully saturated rings. The van der Waals surface area contributed by atoms with E-state index in [1.54, 1.807) is 6.08 Å². The number of benzene rings is 1. The van der Waals surface area contributed by atoms with Crippen molar-refractivity contribution in [2.24, 2.45) is 0 Å². The van der Waals surface area contributed by atoms with Gasteiger partial charge in [-0.05, 0) is 44.0 Å². The highest BCUT2D eigenvalue weighted by molar-refractivity contribution is 5.99. The Morgan fingerprint density at radius 2 is 2.07 bits per heavy atom. The minimum Gasteiger partial charge on any atom is -0.322 e. The Bertz CT molecular complexity index is 367. The second-order valence-corrected chi connectivity index (χ2v) is 3.31. The summed E-state index contributed by atoms with van der Waals surface area (Å²) in [6, 6.07) is 6.00. The Labute approximate surface area is 84.6 Å². The molecule has 0 unspecified atom stereocenters. The summed E-state index contributed by atoms with van der Waals surface area (Å²) in [5.41, 5.74) is 3.10. The van der Waals surface area contributed by atoms with Crippen molar-refractivity contribution >= 4 is 11.6 Å². The molecule has 1 aromatic carbocycles. The van der Waals surface area contributed by atoms with E-state index in [4.69, 9.17) is 0 Å². The molecule has 1 amide bonds. The Morgan fingerprint density at radius 3 is 2.71 bits per heavy atom. The van der Waals surface area contributed by atoms with Crippen LogP contribution in [0.5, 0.6) is 0 Å². The van der Waals surface area contributed by atoms with Crippen LogP contribution < -0.4 is 5.32 Å². The minimum atomic E-state index is -0.0822. The molecule has 0 aliphatic carbocycles. The molecule has 1 N–H and O–H groups in total. The van der Waals surface area contributed by atoms with Gasteiger partial charge in [0.05, 0.1) is 0 Å². The number of rotatable bonds is 2. The van der Waals surface area contributed by atoms with Crippen LogP contribution in [-0.4, -0.2) is 5.91 Å². The van der Waals surface area contributed by atoms with Crippen LogP contribution >= 0.6 is 0 Å². The number of hydrogen-bond acceptors (Lipinski definition) is 1. The zero-order valence-electron chi connectivity index (χ0n) is 8.79. The molecular weight excluding hydrogens is 174 g/mol. The molecule has 1 rings (SSSR count). The lowest BCUT2D eigenvalue weighted by Gasteiger charge is -2.06. The van der Waals surface area contributed by atoms with E-state index in [9.17, 15) is 4.79 Å². The smallest absolute Gasteiger partial charge is 0.248 e. The van der Waals surface area contributed by atoms with Crippen LogP contribution in [0.2, 0.25) is 0 Å². The highest BCUT2D eigenvalue weighted by Gasteiger charge is 2.00. The zero-order chi connectivity index (χ0) is 10.6. The Kier molecular flexibility index (Phi) is 3.46. The number of aryl methyl sites for hydroxylation is 2. The molecule has 2 nitrogen and oxygen atoms in total. The molecule has 1 aromatic rings. The van der Waals surface area contributed by atoms with Crippen molar-refractivity contribution in [2.45, 2.75) is 20.8 Å². The summed E-state index contributed by atoms with van der Waals surface area (Å²) < 4.78 is 0. The highest BCUT2D eigenvalue weighted by Crippen LogP contribution is 2.16. The maximum atomic E-state index is 11.3. The van der Waals surface area contributed by atoms with Gasteiger partial charge in [-0.2, -0.15) is 0 Å². The molecule has 0 aliphatic rings. The lowest BCUT2D eigenvalue weighted by Crippen LogP contribution is -2.08. The lowest BCUT2D eigenvalue weighted by molar-refractivity contribution is -0.111. The number of hydrogen-bond donors (Lipinski definition) is 1. The number of anilines is 1. The van der Waals surface area contributed by atoms with Gasteiger partial charge in [-0.25, -0.2) is 0 Å². The van der Waals surface area contributed by atoms with Crippen LogP contribution in [0, 0.1) is 13.8 Å². The van der Waals surface area contributed by atoms with Crippen LogP contribution in [-0.2, 0) is 4.79 Å². The van der Waals surface area contributed by atoms with Gasteiger partial charge in [0, 0.05) is 5.69 Å². The third kappa shape index (κ3) is 2.73. The Balaban J connectivity index is 2.85. The second-order valence-electron chi connectivity index (χ2n) is 3.31. The SMILES string of the molecule is CC=CC(=O)Nc1cc(C)ccc1C. The van der Waals surface area contributed by atoms with E-state index < -0.39 is 0 Å². The molecule has 14 heavy (non-hydrogen) atoms. The monoisotopic (exact) mass is 189 g/mol. The van der Waals surface area contributed by atoms with Gasteiger partial charge >= 0.3 is 0 Å². The molecule has 2 heteroatoms. The van der Waals surface area contributed by atoms with Crippen molar-refractivity contribution < 1.29 is 4.79 Å². The lowest BCUT2D eigenvalue weighted by atomic mass is 10.1. The summed E-state index contributed by atoms with van der Waals surface area (Å²) in [5.74, 6) is -0.0822. The molecular formula is C12H15NO. The molecule has 0 aromatic heterocycles. The molecule has 0 heterocycles. The Hall–Kier alpha value is -1.57. The highest BCUT2D eigenvalue weighted by atomic mass is 16.1. The maximum absolute atomic E-state index is 11.3. The first-order valence-electron chi connectivity index (χ1n) is 4.64. The summed E-state index contributed by atoms with van der Waals surface area (Å²) in [4.78, 5) is 11.3. The predicted octanol–water partition coefficient (Wildman–Crippen LogP) is 2.82. The molecule has 0 atom stereocenters. The molecule has 0 radical (unpaired) electrons. The number of carbonyl (C=O) groups is 1. The van der Waals surface area contributed by atoms with Crippen molar-refractivity contribution in [3.05, 3.63) is 41.5 Å². The van der Waals surface area contributed by atoms with Gasteiger partial charge in [-0.3, -0.25) is 4.79 Å². The van der Waals surface area contributed by atoms with Gasteiger partial charge in [0.1, 0.15) is 0 Å². The fourth-order valence-electron chi connectivity index (χ4n) is 1.20. The molecule has 0 spiro atoms. The second kappa shape index (κ2) is 4.61. The summed E-state index contributed by atoms with van der Waals surface area (Å²) in [7, 11) is 0. The maximum Gasteiger partial charge on any atom is 0.248 e. The number of carbonyl (C=O) groups excluding carboxylic acids is 1. The summed E-state index contributed by atoms with van der Waals surface area (Å²) >= 11 is 0. The molecule has 0 saturated carbocycles. The first kappa shape index (κ1) is 10.5. The fourth-order valence-corrected chi connectivity index (χ4v) is 1.20. The topological polar surface area (TPSA) is 29.1 Å². The van der Waals surface area contributed by atoms with Crippen LogP contribution in [0.3, 0.4) is 0 Å². The van der Waals surface area contributed by atoms with Gasteiger partial charge < -0.3 is 5.32 Å². The van der Waals surface area contributed by atoms with Crippen LogP contribution in [0.1, 0.15) is 18.1 Å². The van der Waals surface area contributed by atoms with Gasteiger partial charge in [0.15, 0.2) is 0 Å². The normalized spacial score (nSPS) is 10.5. The third-order valence-electron chi connectivity index (χ3n) is 1.97. The summed E-state index contributed by atoms with van der Waals surface area (Å²) in [5, 5.41) is 2.83. The van der Waals surface area contributed by atoms with Gasteiger partial charge in [-0.1, -0.05) is 18.2 Å². The standard InChI is InChI=1S/C12H15NO/c1-4-5-12(14)13-11-8-9(2)6-7-10(11)3/h4-8H,1-3H3,(H,13,14). The van der Waals surface area contributed by atoms with Crippen molar-refractivity contribution in [1.82, 2.24) is 0 Å². The van der Waals surface area contributed by atoms with Crippen molar-refractivity contribution in [2.75, 3.05) is 5.32 Å². The van der Waals surface area contributed by atoms with Crippen molar-refractivity contribution in [3.8, 4) is 0 Å². The van der Waals surface area contributed by atoms with E-state index in [0.717, 1.165) is 16.8 Å².